The minimum Gasteiger partial charge on any atom is -0.454 e. The zero-order valence-corrected chi connectivity index (χ0v) is 21.1. The summed E-state index contributed by atoms with van der Waals surface area (Å²) in [4.78, 5) is 39.8. The van der Waals surface area contributed by atoms with E-state index < -0.39 is 5.91 Å². The van der Waals surface area contributed by atoms with Crippen molar-refractivity contribution in [1.29, 1.82) is 0 Å². The average molecular weight is 522 g/mol. The first-order chi connectivity index (χ1) is 18.0. The van der Waals surface area contributed by atoms with Crippen LogP contribution in [0, 0.1) is 5.92 Å². The Balaban J connectivity index is 1.09. The second-order valence-corrected chi connectivity index (χ2v) is 10.1. The van der Waals surface area contributed by atoms with Crippen molar-refractivity contribution in [2.45, 2.75) is 32.2 Å². The zero-order valence-electron chi connectivity index (χ0n) is 20.3. The Morgan fingerprint density at radius 2 is 1.76 bits per heavy atom. The predicted molar refractivity (Wildman–Crippen MR) is 137 cm³/mol. The maximum atomic E-state index is 12.9. The molecule has 10 nitrogen and oxygen atoms in total. The molecule has 5 rings (SSSR count). The van der Waals surface area contributed by atoms with Crippen LogP contribution in [0.1, 0.15) is 57.4 Å². The molecule has 3 amide bonds. The van der Waals surface area contributed by atoms with Crippen molar-refractivity contribution in [2.24, 2.45) is 5.92 Å². The number of piperidine rings is 1. The number of hydrogen-bond donors (Lipinski definition) is 2. The third-order valence-corrected chi connectivity index (χ3v) is 7.40. The Morgan fingerprint density at radius 3 is 2.54 bits per heavy atom. The van der Waals surface area contributed by atoms with Crippen LogP contribution in [0.2, 0.25) is 0 Å². The molecule has 11 heteroatoms. The van der Waals surface area contributed by atoms with Crippen LogP contribution >= 0.6 is 11.3 Å². The molecule has 0 aliphatic carbocycles. The lowest BCUT2D eigenvalue weighted by Gasteiger charge is -2.31. The molecule has 192 valence electrons. The maximum absolute atomic E-state index is 12.9. The molecule has 1 fully saturated rings. The van der Waals surface area contributed by atoms with Crippen LogP contribution in [0.15, 0.2) is 48.5 Å². The molecule has 0 saturated carbocycles. The summed E-state index contributed by atoms with van der Waals surface area (Å²) in [5.74, 6) is 0.698. The predicted octanol–water partition coefficient (Wildman–Crippen LogP) is 3.64. The second-order valence-electron chi connectivity index (χ2n) is 9.07. The normalized spacial score (nSPS) is 15.8. The number of anilines is 1. The van der Waals surface area contributed by atoms with Gasteiger partial charge in [-0.2, -0.15) is 0 Å². The molecule has 3 aromatic rings. The zero-order chi connectivity index (χ0) is 25.8. The highest BCUT2D eigenvalue weighted by molar-refractivity contribution is 7.15. The molecule has 2 aromatic carbocycles. The Morgan fingerprint density at radius 1 is 1.03 bits per heavy atom. The van der Waals surface area contributed by atoms with Crippen molar-refractivity contribution in [3.05, 3.63) is 64.1 Å². The first-order valence-corrected chi connectivity index (χ1v) is 13.0. The van der Waals surface area contributed by atoms with E-state index in [0.29, 0.717) is 36.7 Å². The lowest BCUT2D eigenvalue weighted by atomic mass is 9.93. The summed E-state index contributed by atoms with van der Waals surface area (Å²) in [6, 6.07) is 14.9. The summed E-state index contributed by atoms with van der Waals surface area (Å²) < 4.78 is 10.6. The molecule has 0 radical (unpaired) electrons. The fourth-order valence-electron chi connectivity index (χ4n) is 4.42. The van der Waals surface area contributed by atoms with Gasteiger partial charge >= 0.3 is 0 Å². The molecule has 2 aliphatic rings. The van der Waals surface area contributed by atoms with Crippen LogP contribution in [0.5, 0.6) is 11.5 Å². The van der Waals surface area contributed by atoms with E-state index in [1.807, 2.05) is 37.3 Å². The average Bonchev–Trinajstić information content (AvgIpc) is 3.59. The Hall–Kier alpha value is -3.99. The van der Waals surface area contributed by atoms with E-state index in [-0.39, 0.29) is 40.6 Å². The SMILES string of the molecule is C[C@H](NC(=O)CC1CCN(C(=O)c2nnc(C(=O)Nc3ccc4c(c3)OCO4)s2)CC1)c1ccccc1. The molecule has 0 bridgehead atoms. The summed E-state index contributed by atoms with van der Waals surface area (Å²) in [5, 5.41) is 13.9. The maximum Gasteiger partial charge on any atom is 0.286 e. The number of likely N-dealkylation sites (tertiary alicyclic amines) is 1. The van der Waals surface area contributed by atoms with Gasteiger partial charge in [0.1, 0.15) is 0 Å². The molecule has 1 saturated heterocycles. The molecule has 0 unspecified atom stereocenters. The lowest BCUT2D eigenvalue weighted by Crippen LogP contribution is -2.39. The molecule has 1 atom stereocenters. The largest absolute Gasteiger partial charge is 0.454 e. The summed E-state index contributed by atoms with van der Waals surface area (Å²) in [6.07, 6.45) is 1.90. The summed E-state index contributed by atoms with van der Waals surface area (Å²) in [5.41, 5.74) is 1.60. The van der Waals surface area contributed by atoms with Gasteiger partial charge in [-0.1, -0.05) is 41.7 Å². The third-order valence-electron chi connectivity index (χ3n) is 6.49. The van der Waals surface area contributed by atoms with E-state index in [0.717, 1.165) is 29.7 Å². The molecule has 37 heavy (non-hydrogen) atoms. The summed E-state index contributed by atoms with van der Waals surface area (Å²) >= 11 is 0.958. The van der Waals surface area contributed by atoms with Crippen LogP contribution in [-0.2, 0) is 4.79 Å². The number of amides is 3. The van der Waals surface area contributed by atoms with E-state index in [4.69, 9.17) is 9.47 Å². The van der Waals surface area contributed by atoms with Gasteiger partial charge in [-0.05, 0) is 43.4 Å². The van der Waals surface area contributed by atoms with Crippen LogP contribution in [0.4, 0.5) is 5.69 Å². The van der Waals surface area contributed by atoms with E-state index in [1.54, 1.807) is 23.1 Å². The van der Waals surface area contributed by atoms with Gasteiger partial charge < -0.3 is 25.0 Å². The first-order valence-electron chi connectivity index (χ1n) is 12.1. The molecule has 2 N–H and O–H groups in total. The van der Waals surface area contributed by atoms with Gasteiger partial charge in [0.25, 0.3) is 11.8 Å². The van der Waals surface area contributed by atoms with Crippen molar-refractivity contribution in [3.63, 3.8) is 0 Å². The molecular weight excluding hydrogens is 494 g/mol. The van der Waals surface area contributed by atoms with Crippen molar-refractivity contribution >= 4 is 34.7 Å². The van der Waals surface area contributed by atoms with Crippen molar-refractivity contribution in [3.8, 4) is 11.5 Å². The summed E-state index contributed by atoms with van der Waals surface area (Å²) in [6.45, 7) is 3.18. The highest BCUT2D eigenvalue weighted by Crippen LogP contribution is 2.34. The number of nitrogens with one attached hydrogen (secondary N) is 2. The van der Waals surface area contributed by atoms with E-state index in [2.05, 4.69) is 20.8 Å². The van der Waals surface area contributed by atoms with Gasteiger partial charge in [-0.25, -0.2) is 0 Å². The van der Waals surface area contributed by atoms with E-state index >= 15 is 0 Å². The fraction of sp³-hybridized carbons (Fsp3) is 0.346. The minimum atomic E-state index is -0.454. The number of fused-ring (bicyclic) bond motifs is 1. The van der Waals surface area contributed by atoms with Gasteiger partial charge in [0.2, 0.25) is 22.7 Å². The van der Waals surface area contributed by atoms with E-state index in [9.17, 15) is 14.4 Å². The third kappa shape index (κ3) is 5.88. The number of benzene rings is 2. The molecule has 2 aliphatic heterocycles. The van der Waals surface area contributed by atoms with Gasteiger partial charge in [0.05, 0.1) is 6.04 Å². The monoisotopic (exact) mass is 521 g/mol. The first kappa shape index (κ1) is 24.7. The van der Waals surface area contributed by atoms with Crippen LogP contribution in [0.3, 0.4) is 0 Å². The van der Waals surface area contributed by atoms with Crippen molar-refractivity contribution in [2.75, 3.05) is 25.2 Å². The molecule has 3 heterocycles. The topological polar surface area (TPSA) is 123 Å². The van der Waals surface area contributed by atoms with Gasteiger partial charge in [-0.3, -0.25) is 14.4 Å². The van der Waals surface area contributed by atoms with Crippen LogP contribution < -0.4 is 20.1 Å². The number of nitrogens with zero attached hydrogens (tertiary/aromatic N) is 3. The molecule has 0 spiro atoms. The fourth-order valence-corrected chi connectivity index (χ4v) is 5.13. The number of hydrogen-bond acceptors (Lipinski definition) is 8. The Labute approximate surface area is 218 Å². The number of ether oxygens (including phenoxy) is 2. The van der Waals surface area contributed by atoms with E-state index in [1.165, 1.54) is 0 Å². The van der Waals surface area contributed by atoms with Gasteiger partial charge in [0.15, 0.2) is 11.5 Å². The van der Waals surface area contributed by atoms with Crippen molar-refractivity contribution in [1.82, 2.24) is 20.4 Å². The molecular formula is C26H27N5O5S. The smallest absolute Gasteiger partial charge is 0.286 e. The second kappa shape index (κ2) is 11.0. The standard InChI is InChI=1S/C26H27N5O5S/c1-16(18-5-3-2-4-6-18)27-22(32)13-17-9-11-31(12-10-17)26(34)25-30-29-24(37-25)23(33)28-19-7-8-20-21(14-19)36-15-35-20/h2-8,14,16-17H,9-13,15H2,1H3,(H,27,32)(H,28,33)/t16-/m0/s1. The highest BCUT2D eigenvalue weighted by Gasteiger charge is 2.28. The minimum absolute atomic E-state index is 0.0170. The Kier molecular flexibility index (Phi) is 7.31. The number of carbonyl (C=O) groups is 3. The van der Waals surface area contributed by atoms with Gasteiger partial charge in [-0.15, -0.1) is 10.2 Å². The lowest BCUT2D eigenvalue weighted by molar-refractivity contribution is -0.122. The number of aromatic nitrogens is 2. The quantitative estimate of drug-likeness (QED) is 0.487. The van der Waals surface area contributed by atoms with Crippen LogP contribution in [0.25, 0.3) is 0 Å². The highest BCUT2D eigenvalue weighted by atomic mass is 32.1. The number of carbonyl (C=O) groups excluding carboxylic acids is 3. The molecule has 1 aromatic heterocycles. The summed E-state index contributed by atoms with van der Waals surface area (Å²) in [7, 11) is 0. The van der Waals surface area contributed by atoms with Crippen LogP contribution in [-0.4, -0.2) is 52.7 Å². The Bertz CT molecular complexity index is 1290. The van der Waals surface area contributed by atoms with Gasteiger partial charge in [0, 0.05) is 31.3 Å². The van der Waals surface area contributed by atoms with Crippen molar-refractivity contribution < 1.29 is 23.9 Å². The number of rotatable bonds is 7.